The average molecular weight is 346 g/mol. The summed E-state index contributed by atoms with van der Waals surface area (Å²) in [5.74, 6) is -0.0369. The Kier molecular flexibility index (Phi) is 5.33. The van der Waals surface area contributed by atoms with Gasteiger partial charge in [0.05, 0.1) is 12.2 Å². The highest BCUT2D eigenvalue weighted by atomic mass is 16.3. The highest BCUT2D eigenvalue weighted by molar-refractivity contribution is 5.83. The highest BCUT2D eigenvalue weighted by Gasteiger charge is 2.52. The van der Waals surface area contributed by atoms with Gasteiger partial charge in [-0.1, -0.05) is 30.7 Å². The molecule has 0 radical (unpaired) electrons. The number of hydrogen-bond acceptors (Lipinski definition) is 4. The standard InChI is InChI=1S/C21H30O4/c1-13-3-6-16(23)9-14(13)4-5-15-10-17(24)11-21(2)18(15)7-8-19(21)20(25)12-22/h4-5,10,16-19,22-24H,3,6-9,11-12H2,1-2H3/t16-,17-,18-,19+,21-/m0/s1. The number of carbonyl (C=O) groups is 1. The van der Waals surface area contributed by atoms with Crippen LogP contribution in [0.25, 0.3) is 0 Å². The van der Waals surface area contributed by atoms with Crippen LogP contribution in [-0.2, 0) is 4.79 Å². The first-order chi connectivity index (χ1) is 11.8. The van der Waals surface area contributed by atoms with Gasteiger partial charge in [0, 0.05) is 5.92 Å². The Bertz CT molecular complexity index is 630. The lowest BCUT2D eigenvalue weighted by molar-refractivity contribution is -0.129. The minimum absolute atomic E-state index is 0.101. The first kappa shape index (κ1) is 18.6. The van der Waals surface area contributed by atoms with E-state index in [1.54, 1.807) is 0 Å². The van der Waals surface area contributed by atoms with Crippen LogP contribution in [0.2, 0.25) is 0 Å². The summed E-state index contributed by atoms with van der Waals surface area (Å²) in [6, 6.07) is 0. The van der Waals surface area contributed by atoms with Crippen LogP contribution in [0.5, 0.6) is 0 Å². The highest BCUT2D eigenvalue weighted by Crippen LogP contribution is 2.56. The van der Waals surface area contributed by atoms with Gasteiger partial charge in [0.1, 0.15) is 6.61 Å². The van der Waals surface area contributed by atoms with Crippen LogP contribution < -0.4 is 0 Å². The first-order valence-electron chi connectivity index (χ1n) is 9.43. The second kappa shape index (κ2) is 7.18. The van der Waals surface area contributed by atoms with Gasteiger partial charge < -0.3 is 15.3 Å². The number of carbonyl (C=O) groups excluding carboxylic acids is 1. The minimum atomic E-state index is -0.556. The number of rotatable bonds is 4. The summed E-state index contributed by atoms with van der Waals surface area (Å²) in [6.45, 7) is 3.79. The van der Waals surface area contributed by atoms with Crippen molar-refractivity contribution in [1.29, 1.82) is 0 Å². The second-order valence-electron chi connectivity index (χ2n) is 8.29. The smallest absolute Gasteiger partial charge is 0.161 e. The SMILES string of the molecule is CC1=C(C=CC2=C[C@H](O)C[C@]3(C)[C@@H](C(=O)CO)CC[C@@H]23)C[C@@H](O)CC1. The molecule has 0 aromatic heterocycles. The van der Waals surface area contributed by atoms with Crippen LogP contribution in [0.3, 0.4) is 0 Å². The van der Waals surface area contributed by atoms with E-state index in [1.807, 2.05) is 6.08 Å². The zero-order chi connectivity index (χ0) is 18.2. The lowest BCUT2D eigenvalue weighted by Crippen LogP contribution is -2.40. The fraction of sp³-hybridized carbons (Fsp3) is 0.667. The molecule has 0 aromatic carbocycles. The summed E-state index contributed by atoms with van der Waals surface area (Å²) < 4.78 is 0. The van der Waals surface area contributed by atoms with E-state index < -0.39 is 12.7 Å². The molecule has 0 aliphatic heterocycles. The third-order valence-corrected chi connectivity index (χ3v) is 6.65. The van der Waals surface area contributed by atoms with Gasteiger partial charge in [0.25, 0.3) is 0 Å². The lowest BCUT2D eigenvalue weighted by atomic mass is 9.63. The van der Waals surface area contributed by atoms with E-state index in [2.05, 4.69) is 26.0 Å². The van der Waals surface area contributed by atoms with Crippen molar-refractivity contribution in [2.45, 2.75) is 64.6 Å². The maximum atomic E-state index is 12.2. The molecule has 0 amide bonds. The Morgan fingerprint density at radius 1 is 1.28 bits per heavy atom. The van der Waals surface area contributed by atoms with Crippen LogP contribution >= 0.6 is 0 Å². The van der Waals surface area contributed by atoms with E-state index >= 15 is 0 Å². The number of hydrogen-bond donors (Lipinski definition) is 3. The lowest BCUT2D eigenvalue weighted by Gasteiger charge is -2.41. The van der Waals surface area contributed by atoms with Crippen molar-refractivity contribution in [3.05, 3.63) is 34.9 Å². The normalized spacial score (nSPS) is 38.8. The molecule has 0 unspecified atom stereocenters. The van der Waals surface area contributed by atoms with E-state index in [9.17, 15) is 20.1 Å². The number of allylic oxidation sites excluding steroid dienone is 4. The Morgan fingerprint density at radius 2 is 2.04 bits per heavy atom. The summed E-state index contributed by atoms with van der Waals surface area (Å²) in [5, 5.41) is 29.6. The van der Waals surface area contributed by atoms with E-state index in [0.29, 0.717) is 12.8 Å². The quantitative estimate of drug-likeness (QED) is 0.731. The molecule has 1 fully saturated rings. The van der Waals surface area contributed by atoms with Gasteiger partial charge in [0.15, 0.2) is 5.78 Å². The molecule has 0 aromatic rings. The number of Topliss-reactive ketones (excluding diaryl/α,β-unsaturated/α-hetero) is 1. The topological polar surface area (TPSA) is 77.8 Å². The Morgan fingerprint density at radius 3 is 2.76 bits per heavy atom. The van der Waals surface area contributed by atoms with Gasteiger partial charge in [-0.25, -0.2) is 0 Å². The van der Waals surface area contributed by atoms with Crippen molar-refractivity contribution >= 4 is 5.78 Å². The van der Waals surface area contributed by atoms with Crippen molar-refractivity contribution < 1.29 is 20.1 Å². The Labute approximate surface area is 149 Å². The third-order valence-electron chi connectivity index (χ3n) is 6.65. The van der Waals surface area contributed by atoms with Crippen LogP contribution in [0.15, 0.2) is 34.9 Å². The maximum Gasteiger partial charge on any atom is 0.161 e. The van der Waals surface area contributed by atoms with Gasteiger partial charge in [0.2, 0.25) is 0 Å². The zero-order valence-electron chi connectivity index (χ0n) is 15.2. The molecule has 3 aliphatic carbocycles. The molecule has 4 nitrogen and oxygen atoms in total. The monoisotopic (exact) mass is 346 g/mol. The molecule has 1 saturated carbocycles. The van der Waals surface area contributed by atoms with E-state index in [-0.39, 0.29) is 29.1 Å². The molecule has 0 bridgehead atoms. The van der Waals surface area contributed by atoms with Gasteiger partial charge in [-0.3, -0.25) is 4.79 Å². The number of aliphatic hydroxyl groups excluding tert-OH is 3. The van der Waals surface area contributed by atoms with E-state index in [1.165, 1.54) is 11.1 Å². The summed E-state index contributed by atoms with van der Waals surface area (Å²) in [7, 11) is 0. The van der Waals surface area contributed by atoms with Crippen LogP contribution in [0.1, 0.15) is 52.4 Å². The van der Waals surface area contributed by atoms with Gasteiger partial charge in [-0.15, -0.1) is 0 Å². The Hall–Kier alpha value is -1.23. The van der Waals surface area contributed by atoms with Crippen LogP contribution in [-0.4, -0.2) is 39.9 Å². The summed E-state index contributed by atoms with van der Waals surface area (Å²) in [6.07, 6.45) is 9.97. The van der Waals surface area contributed by atoms with Crippen molar-refractivity contribution in [3.63, 3.8) is 0 Å². The summed E-state index contributed by atoms with van der Waals surface area (Å²) in [5.41, 5.74) is 3.31. The van der Waals surface area contributed by atoms with Crippen LogP contribution in [0, 0.1) is 17.3 Å². The fourth-order valence-corrected chi connectivity index (χ4v) is 5.21. The Balaban J connectivity index is 1.85. The number of aliphatic hydroxyl groups is 3. The van der Waals surface area contributed by atoms with E-state index in [4.69, 9.17) is 0 Å². The second-order valence-corrected chi connectivity index (χ2v) is 8.29. The van der Waals surface area contributed by atoms with Gasteiger partial charge >= 0.3 is 0 Å². The summed E-state index contributed by atoms with van der Waals surface area (Å²) >= 11 is 0. The zero-order valence-corrected chi connectivity index (χ0v) is 15.2. The predicted octanol–water partition coefficient (Wildman–Crippen LogP) is 2.69. The van der Waals surface area contributed by atoms with E-state index in [0.717, 1.165) is 31.3 Å². The largest absolute Gasteiger partial charge is 0.393 e. The third kappa shape index (κ3) is 3.53. The maximum absolute atomic E-state index is 12.2. The molecule has 0 spiro atoms. The van der Waals surface area contributed by atoms with Crippen molar-refractivity contribution in [3.8, 4) is 0 Å². The molecule has 25 heavy (non-hydrogen) atoms. The molecule has 4 heteroatoms. The van der Waals surface area contributed by atoms with Gasteiger partial charge in [-0.2, -0.15) is 0 Å². The average Bonchev–Trinajstić information content (AvgIpc) is 2.91. The molecule has 5 atom stereocenters. The van der Waals surface area contributed by atoms with Crippen molar-refractivity contribution in [2.24, 2.45) is 17.3 Å². The molecule has 3 aliphatic rings. The molecule has 3 rings (SSSR count). The fourth-order valence-electron chi connectivity index (χ4n) is 5.21. The van der Waals surface area contributed by atoms with Crippen molar-refractivity contribution in [1.82, 2.24) is 0 Å². The van der Waals surface area contributed by atoms with Crippen LogP contribution in [0.4, 0.5) is 0 Å². The first-order valence-corrected chi connectivity index (χ1v) is 9.43. The molecular weight excluding hydrogens is 316 g/mol. The molecule has 0 heterocycles. The minimum Gasteiger partial charge on any atom is -0.393 e. The van der Waals surface area contributed by atoms with Crippen molar-refractivity contribution in [2.75, 3.05) is 6.61 Å². The molecule has 0 saturated heterocycles. The number of fused-ring (bicyclic) bond motifs is 1. The predicted molar refractivity (Wildman–Crippen MR) is 96.8 cm³/mol. The molecular formula is C21H30O4. The van der Waals surface area contributed by atoms with Gasteiger partial charge in [-0.05, 0) is 67.9 Å². The summed E-state index contributed by atoms with van der Waals surface area (Å²) in [4.78, 5) is 12.2. The molecule has 3 N–H and O–H groups in total. The molecule has 138 valence electrons. The number of ketones is 1.